The first-order chi connectivity index (χ1) is 17.8. The Bertz CT molecular complexity index is 1290. The number of aliphatic hydroxyl groups excluding tert-OH is 2. The Kier molecular flexibility index (Phi) is 7.52. The number of nitrogens with one attached hydrogen (secondary N) is 2. The molecule has 37 heavy (non-hydrogen) atoms. The molecule has 2 aliphatic rings. The largest absolute Gasteiger partial charge is 0.387 e. The molecule has 5 N–H and O–H groups in total. The number of anilines is 1. The molecule has 3 unspecified atom stereocenters. The topological polar surface area (TPSA) is 181 Å². The molecule has 3 heterocycles. The van der Waals surface area contributed by atoms with Crippen molar-refractivity contribution in [3.63, 3.8) is 0 Å². The van der Waals surface area contributed by atoms with Gasteiger partial charge in [-0.2, -0.15) is 0 Å². The first-order valence-corrected chi connectivity index (χ1v) is 13.8. The second-order valence-corrected chi connectivity index (χ2v) is 11.1. The second-order valence-electron chi connectivity index (χ2n) is 9.25. The van der Waals surface area contributed by atoms with Gasteiger partial charge in [0.25, 0.3) is 0 Å². The van der Waals surface area contributed by atoms with Crippen LogP contribution in [0.1, 0.15) is 37.5 Å². The third-order valence-electron chi connectivity index (χ3n) is 6.56. The minimum atomic E-state index is -4.02. The lowest BCUT2D eigenvalue weighted by Gasteiger charge is -2.18. The number of ether oxygens (including phenoxy) is 1. The summed E-state index contributed by atoms with van der Waals surface area (Å²) in [6.45, 7) is -0.412. The normalized spacial score (nSPS) is 25.8. The van der Waals surface area contributed by atoms with Gasteiger partial charge >= 0.3 is 13.6 Å². The van der Waals surface area contributed by atoms with E-state index in [1.54, 1.807) is 30.3 Å². The highest BCUT2D eigenvalue weighted by Crippen LogP contribution is 2.46. The number of rotatable bonds is 8. The van der Waals surface area contributed by atoms with Crippen molar-refractivity contribution < 1.29 is 33.7 Å². The smallest absolute Gasteiger partial charge is 0.332 e. The molecule has 14 heteroatoms. The van der Waals surface area contributed by atoms with Crippen molar-refractivity contribution in [2.75, 3.05) is 11.9 Å². The Hall–Kier alpha value is -2.93. The maximum absolute atomic E-state index is 12.5. The number of aromatic nitrogens is 4. The molecule has 0 radical (unpaired) electrons. The Morgan fingerprint density at radius 1 is 1.14 bits per heavy atom. The van der Waals surface area contributed by atoms with Gasteiger partial charge in [-0.1, -0.05) is 43.2 Å². The van der Waals surface area contributed by atoms with Crippen LogP contribution in [0.2, 0.25) is 0 Å². The number of aliphatic hydroxyl groups is 2. The van der Waals surface area contributed by atoms with E-state index in [1.807, 2.05) is 0 Å². The summed E-state index contributed by atoms with van der Waals surface area (Å²) in [5.41, 5.74) is 1.17. The Labute approximate surface area is 212 Å². The average molecular weight is 532 g/mol. The number of amides is 2. The lowest BCUT2D eigenvalue weighted by molar-refractivity contribution is -0.0485. The van der Waals surface area contributed by atoms with Gasteiger partial charge in [0.15, 0.2) is 23.2 Å². The number of imidazole rings is 1. The number of hydrogen-bond acceptors (Lipinski definition) is 9. The number of benzene rings is 1. The fraction of sp³-hybridized carbons (Fsp3) is 0.478. The summed E-state index contributed by atoms with van der Waals surface area (Å²) < 4.78 is 24.9. The molecule has 0 bridgehead atoms. The van der Waals surface area contributed by atoms with Gasteiger partial charge < -0.3 is 29.7 Å². The number of nitrogens with zero attached hydrogens (tertiary/aromatic N) is 4. The molecule has 13 nitrogen and oxygen atoms in total. The van der Waals surface area contributed by atoms with E-state index in [0.29, 0.717) is 5.56 Å². The molecule has 2 fully saturated rings. The van der Waals surface area contributed by atoms with Crippen LogP contribution >= 0.6 is 7.60 Å². The van der Waals surface area contributed by atoms with Crippen LogP contribution in [0.5, 0.6) is 0 Å². The highest BCUT2D eigenvalue weighted by molar-refractivity contribution is 7.51. The van der Waals surface area contributed by atoms with Crippen LogP contribution in [0, 0.1) is 0 Å². The number of carbonyl (C=O) groups is 1. The van der Waals surface area contributed by atoms with Gasteiger partial charge in [0.05, 0.1) is 19.1 Å². The van der Waals surface area contributed by atoms with Gasteiger partial charge in [-0.05, 0) is 18.4 Å². The predicted molar refractivity (Wildman–Crippen MR) is 132 cm³/mol. The van der Waals surface area contributed by atoms with Crippen LogP contribution in [-0.4, -0.2) is 71.6 Å². The maximum atomic E-state index is 12.5. The van der Waals surface area contributed by atoms with Crippen LogP contribution in [0.25, 0.3) is 11.2 Å². The van der Waals surface area contributed by atoms with Crippen LogP contribution in [-0.2, 0) is 20.0 Å². The minimum absolute atomic E-state index is 0.125. The molecule has 1 aliphatic carbocycles. The van der Waals surface area contributed by atoms with Crippen molar-refractivity contribution in [3.8, 4) is 0 Å². The summed E-state index contributed by atoms with van der Waals surface area (Å²) in [6.07, 6.45) is 1.47. The van der Waals surface area contributed by atoms with E-state index in [4.69, 9.17) is 9.26 Å². The fourth-order valence-electron chi connectivity index (χ4n) is 4.68. The van der Waals surface area contributed by atoms with Crippen molar-refractivity contribution in [3.05, 3.63) is 48.5 Å². The molecule has 0 spiro atoms. The summed E-state index contributed by atoms with van der Waals surface area (Å²) >= 11 is 0. The fourth-order valence-corrected chi connectivity index (χ4v) is 5.82. The van der Waals surface area contributed by atoms with Crippen LogP contribution in [0.4, 0.5) is 10.6 Å². The van der Waals surface area contributed by atoms with E-state index >= 15 is 0 Å². The zero-order valence-electron chi connectivity index (χ0n) is 19.9. The zero-order valence-corrected chi connectivity index (χ0v) is 20.8. The first-order valence-electron chi connectivity index (χ1n) is 12.1. The third-order valence-corrected chi connectivity index (χ3v) is 7.88. The Balaban J connectivity index is 1.26. The molecule has 3 aromatic rings. The summed E-state index contributed by atoms with van der Waals surface area (Å²) in [5.74, 6) is 0.189. The van der Waals surface area contributed by atoms with Gasteiger partial charge in [0.1, 0.15) is 24.6 Å². The minimum Gasteiger partial charge on any atom is -0.387 e. The van der Waals surface area contributed by atoms with Crippen molar-refractivity contribution in [1.29, 1.82) is 0 Å². The molecule has 2 amide bonds. The standard InChI is InChI=1S/C23H29N6O7P/c30-18-16(10-35-37(33,34)11-14-6-2-1-3-7-14)36-22(19(18)31)29-13-26-17-20(24-12-25-21(17)29)28-23(32)27-15-8-4-5-9-15/h1-3,6-7,12-13,15-16,18-19,22,30-31H,4-5,8-11H2,(H,33,34)(H2,24,25,27,28,32)/t16-,18?,19?,22-/m1/s1. The lowest BCUT2D eigenvalue weighted by atomic mass is 10.1. The van der Waals surface area contributed by atoms with Gasteiger partial charge in [0, 0.05) is 6.04 Å². The number of carbonyl (C=O) groups excluding carboxylic acids is 1. The van der Waals surface area contributed by atoms with Crippen molar-refractivity contribution in [1.82, 2.24) is 24.8 Å². The summed E-state index contributed by atoms with van der Waals surface area (Å²) in [6, 6.07) is 8.45. The van der Waals surface area contributed by atoms with Crippen molar-refractivity contribution in [2.24, 2.45) is 0 Å². The molecule has 198 valence electrons. The van der Waals surface area contributed by atoms with E-state index in [9.17, 15) is 24.5 Å². The van der Waals surface area contributed by atoms with Gasteiger partial charge in [0.2, 0.25) is 0 Å². The Morgan fingerprint density at radius 2 is 1.89 bits per heavy atom. The third kappa shape index (κ3) is 5.82. The van der Waals surface area contributed by atoms with E-state index < -0.39 is 44.8 Å². The number of fused-ring (bicyclic) bond motifs is 1. The monoisotopic (exact) mass is 532 g/mol. The second kappa shape index (κ2) is 10.8. The molecule has 2 aromatic heterocycles. The van der Waals surface area contributed by atoms with Crippen molar-refractivity contribution >= 4 is 30.6 Å². The Morgan fingerprint density at radius 3 is 2.65 bits per heavy atom. The molecule has 1 aromatic carbocycles. The quantitative estimate of drug-likeness (QED) is 0.269. The van der Waals surface area contributed by atoms with Gasteiger partial charge in [-0.15, -0.1) is 0 Å². The van der Waals surface area contributed by atoms with E-state index in [0.717, 1.165) is 25.7 Å². The van der Waals surface area contributed by atoms with Crippen LogP contribution < -0.4 is 10.6 Å². The van der Waals surface area contributed by atoms with Crippen LogP contribution in [0.3, 0.4) is 0 Å². The number of urea groups is 1. The van der Waals surface area contributed by atoms with E-state index in [-0.39, 0.29) is 29.2 Å². The molecule has 1 saturated carbocycles. The molecule has 1 saturated heterocycles. The van der Waals surface area contributed by atoms with Crippen LogP contribution in [0.15, 0.2) is 43.0 Å². The van der Waals surface area contributed by atoms with Crippen molar-refractivity contribution in [2.45, 2.75) is 62.4 Å². The van der Waals surface area contributed by atoms with Gasteiger partial charge in [-0.3, -0.25) is 14.4 Å². The molecular formula is C23H29N6O7P. The van der Waals surface area contributed by atoms with E-state index in [1.165, 1.54) is 17.2 Å². The summed E-state index contributed by atoms with van der Waals surface area (Å²) in [4.78, 5) is 35.2. The maximum Gasteiger partial charge on any atom is 0.332 e. The summed E-state index contributed by atoms with van der Waals surface area (Å²) in [7, 11) is -4.02. The zero-order chi connectivity index (χ0) is 26.0. The first kappa shape index (κ1) is 25.7. The predicted octanol–water partition coefficient (Wildman–Crippen LogP) is 1.91. The highest BCUT2D eigenvalue weighted by Gasteiger charge is 2.45. The molecule has 5 atom stereocenters. The lowest BCUT2D eigenvalue weighted by Crippen LogP contribution is -2.36. The van der Waals surface area contributed by atoms with E-state index in [2.05, 4.69) is 25.6 Å². The van der Waals surface area contributed by atoms with Gasteiger partial charge in [-0.25, -0.2) is 19.7 Å². The number of hydrogen-bond donors (Lipinski definition) is 5. The molecule has 5 rings (SSSR count). The molecule has 1 aliphatic heterocycles. The highest BCUT2D eigenvalue weighted by atomic mass is 31.2. The summed E-state index contributed by atoms with van der Waals surface area (Å²) in [5, 5.41) is 26.8. The average Bonchev–Trinajstić information content (AvgIpc) is 3.60. The molecular weight excluding hydrogens is 503 g/mol. The SMILES string of the molecule is O=C(Nc1ncnc2c1ncn2[C@@H]1O[C@H](COP(=O)(O)Cc2ccccc2)C(O)C1O)NC1CCCC1.